The predicted molar refractivity (Wildman–Crippen MR) is 90.9 cm³/mol. The van der Waals surface area contributed by atoms with Gasteiger partial charge in [0.25, 0.3) is 0 Å². The van der Waals surface area contributed by atoms with Gasteiger partial charge in [-0.05, 0) is 30.7 Å². The Bertz CT molecular complexity index is 834. The summed E-state index contributed by atoms with van der Waals surface area (Å²) >= 11 is 0. The molecule has 5 heteroatoms. The van der Waals surface area contributed by atoms with E-state index in [1.165, 1.54) is 0 Å². The summed E-state index contributed by atoms with van der Waals surface area (Å²) in [6, 6.07) is 13.7. The molecular weight excluding hydrogens is 290 g/mol. The summed E-state index contributed by atoms with van der Waals surface area (Å²) in [6.07, 6.45) is 0.643. The van der Waals surface area contributed by atoms with E-state index in [1.54, 1.807) is 7.11 Å². The van der Waals surface area contributed by atoms with Gasteiger partial charge in [-0.1, -0.05) is 24.3 Å². The molecule has 0 unspecified atom stereocenters. The van der Waals surface area contributed by atoms with Crippen LogP contribution in [0, 0.1) is 6.92 Å². The van der Waals surface area contributed by atoms with E-state index in [0.29, 0.717) is 13.0 Å². The van der Waals surface area contributed by atoms with Crippen molar-refractivity contribution in [1.29, 1.82) is 0 Å². The highest BCUT2D eigenvalue weighted by Crippen LogP contribution is 2.28. The zero-order chi connectivity index (χ0) is 16.2. The molecule has 0 aliphatic heterocycles. The molecule has 23 heavy (non-hydrogen) atoms. The van der Waals surface area contributed by atoms with Crippen molar-refractivity contribution in [2.24, 2.45) is 0 Å². The van der Waals surface area contributed by atoms with Gasteiger partial charge in [0.15, 0.2) is 11.5 Å². The summed E-state index contributed by atoms with van der Waals surface area (Å²) in [4.78, 5) is 8.59. The minimum Gasteiger partial charge on any atom is -0.493 e. The predicted octanol–water partition coefficient (Wildman–Crippen LogP) is 3.15. The van der Waals surface area contributed by atoms with Crippen molar-refractivity contribution < 1.29 is 9.47 Å². The second kappa shape index (κ2) is 6.52. The highest BCUT2D eigenvalue weighted by Gasteiger charge is 2.08. The van der Waals surface area contributed by atoms with Gasteiger partial charge in [-0.3, -0.25) is 0 Å². The van der Waals surface area contributed by atoms with Crippen molar-refractivity contribution in [3.8, 4) is 11.5 Å². The fourth-order valence-corrected chi connectivity index (χ4v) is 2.50. The average Bonchev–Trinajstić information content (AvgIpc) is 2.55. The maximum Gasteiger partial charge on any atom is 0.220 e. The number of anilines is 1. The lowest BCUT2D eigenvalue weighted by molar-refractivity contribution is 0.297. The third-order valence-electron chi connectivity index (χ3n) is 3.62. The van der Waals surface area contributed by atoms with Crippen LogP contribution in [-0.2, 0) is 6.42 Å². The second-order valence-corrected chi connectivity index (χ2v) is 5.30. The molecule has 0 aliphatic carbocycles. The minimum absolute atomic E-state index is 0.284. The molecule has 0 bridgehead atoms. The molecule has 118 valence electrons. The maximum absolute atomic E-state index is 5.85. The van der Waals surface area contributed by atoms with Crippen LogP contribution in [0.25, 0.3) is 10.9 Å². The summed E-state index contributed by atoms with van der Waals surface area (Å²) in [6.45, 7) is 2.50. The quantitative estimate of drug-likeness (QED) is 0.784. The van der Waals surface area contributed by atoms with Crippen molar-refractivity contribution in [3.05, 3.63) is 53.7 Å². The van der Waals surface area contributed by atoms with Gasteiger partial charge in [-0.15, -0.1) is 0 Å². The molecule has 3 rings (SSSR count). The molecule has 0 spiro atoms. The number of methoxy groups -OCH3 is 1. The third-order valence-corrected chi connectivity index (χ3v) is 3.62. The number of nitrogen functional groups attached to an aromatic ring is 1. The smallest absolute Gasteiger partial charge is 0.220 e. The molecular formula is C18H19N3O2. The second-order valence-electron chi connectivity index (χ2n) is 5.30. The molecule has 0 fully saturated rings. The van der Waals surface area contributed by atoms with E-state index in [2.05, 4.69) is 9.97 Å². The number of nitrogens with zero attached hydrogens (tertiary/aromatic N) is 2. The maximum atomic E-state index is 5.85. The fraction of sp³-hybridized carbons (Fsp3) is 0.222. The molecule has 0 amide bonds. The number of para-hydroxylation sites is 1. The number of ether oxygens (including phenoxy) is 2. The summed E-state index contributed by atoms with van der Waals surface area (Å²) in [5.74, 6) is 1.74. The van der Waals surface area contributed by atoms with Crippen LogP contribution in [0.3, 0.4) is 0 Å². The topological polar surface area (TPSA) is 70.3 Å². The Morgan fingerprint density at radius 2 is 1.87 bits per heavy atom. The molecule has 3 aromatic rings. The highest BCUT2D eigenvalue weighted by molar-refractivity contribution is 5.81. The van der Waals surface area contributed by atoms with Crippen LogP contribution in [0.2, 0.25) is 0 Å². The Morgan fingerprint density at radius 3 is 2.70 bits per heavy atom. The van der Waals surface area contributed by atoms with Gasteiger partial charge in [0.2, 0.25) is 5.95 Å². The molecule has 0 aliphatic rings. The molecule has 0 atom stereocenters. The molecule has 2 aromatic carbocycles. The van der Waals surface area contributed by atoms with Gasteiger partial charge in [-0.25, -0.2) is 9.97 Å². The van der Waals surface area contributed by atoms with E-state index in [4.69, 9.17) is 15.2 Å². The number of aryl methyl sites for hydroxylation is 1. The number of fused-ring (bicyclic) bond motifs is 1. The number of aromatic nitrogens is 2. The number of benzene rings is 2. The number of hydrogen-bond acceptors (Lipinski definition) is 5. The summed E-state index contributed by atoms with van der Waals surface area (Å²) < 4.78 is 11.2. The average molecular weight is 309 g/mol. The largest absolute Gasteiger partial charge is 0.493 e. The van der Waals surface area contributed by atoms with Gasteiger partial charge in [0.1, 0.15) is 0 Å². The summed E-state index contributed by atoms with van der Waals surface area (Å²) in [7, 11) is 1.64. The Kier molecular flexibility index (Phi) is 4.28. The number of rotatable bonds is 5. The molecule has 5 nitrogen and oxygen atoms in total. The van der Waals surface area contributed by atoms with Crippen molar-refractivity contribution in [3.63, 3.8) is 0 Å². The van der Waals surface area contributed by atoms with Gasteiger partial charge in [-0.2, -0.15) is 0 Å². The fourth-order valence-electron chi connectivity index (χ4n) is 2.50. The minimum atomic E-state index is 0.284. The van der Waals surface area contributed by atoms with Crippen molar-refractivity contribution in [1.82, 2.24) is 9.97 Å². The van der Waals surface area contributed by atoms with Crippen LogP contribution >= 0.6 is 0 Å². The highest BCUT2D eigenvalue weighted by atomic mass is 16.5. The SMILES string of the molecule is COc1cc(C)ccc1OCCc1nc(N)nc2ccccc12. The molecule has 0 radical (unpaired) electrons. The molecule has 0 saturated heterocycles. The summed E-state index contributed by atoms with van der Waals surface area (Å²) in [5, 5.41) is 1.00. The lowest BCUT2D eigenvalue weighted by atomic mass is 10.1. The number of hydrogen-bond donors (Lipinski definition) is 1. The standard InChI is InChI=1S/C18H19N3O2/c1-12-7-8-16(17(11-12)22-2)23-10-9-15-13-5-3-4-6-14(13)20-18(19)21-15/h3-8,11H,9-10H2,1-2H3,(H2,19,20,21). The van der Waals surface area contributed by atoms with Crippen LogP contribution in [-0.4, -0.2) is 23.7 Å². The monoisotopic (exact) mass is 309 g/mol. The van der Waals surface area contributed by atoms with Crippen LogP contribution in [0.5, 0.6) is 11.5 Å². The Hall–Kier alpha value is -2.82. The lowest BCUT2D eigenvalue weighted by Gasteiger charge is -2.12. The first-order valence-electron chi connectivity index (χ1n) is 7.46. The van der Waals surface area contributed by atoms with Gasteiger partial charge >= 0.3 is 0 Å². The van der Waals surface area contributed by atoms with E-state index in [1.807, 2.05) is 49.4 Å². The van der Waals surface area contributed by atoms with E-state index >= 15 is 0 Å². The lowest BCUT2D eigenvalue weighted by Crippen LogP contribution is -2.07. The van der Waals surface area contributed by atoms with Gasteiger partial charge in [0, 0.05) is 11.8 Å². The van der Waals surface area contributed by atoms with E-state index in [9.17, 15) is 0 Å². The number of nitrogens with two attached hydrogens (primary N) is 1. The first-order valence-corrected chi connectivity index (χ1v) is 7.46. The first-order chi connectivity index (χ1) is 11.2. The third kappa shape index (κ3) is 3.34. The van der Waals surface area contributed by atoms with Gasteiger partial charge in [0.05, 0.1) is 24.9 Å². The Morgan fingerprint density at radius 1 is 1.04 bits per heavy atom. The van der Waals surface area contributed by atoms with Crippen molar-refractivity contribution >= 4 is 16.9 Å². The molecule has 2 N–H and O–H groups in total. The van der Waals surface area contributed by atoms with E-state index in [0.717, 1.165) is 33.7 Å². The Labute approximate surface area is 135 Å². The van der Waals surface area contributed by atoms with Crippen LogP contribution in [0.15, 0.2) is 42.5 Å². The Balaban J connectivity index is 1.77. The molecule has 0 saturated carbocycles. The van der Waals surface area contributed by atoms with Crippen LogP contribution in [0.4, 0.5) is 5.95 Å². The summed E-state index contributed by atoms with van der Waals surface area (Å²) in [5.41, 5.74) is 8.65. The van der Waals surface area contributed by atoms with Crippen molar-refractivity contribution in [2.45, 2.75) is 13.3 Å². The van der Waals surface area contributed by atoms with Gasteiger partial charge < -0.3 is 15.2 Å². The van der Waals surface area contributed by atoms with E-state index < -0.39 is 0 Å². The molecule has 1 heterocycles. The first kappa shape index (κ1) is 15.1. The van der Waals surface area contributed by atoms with Crippen LogP contribution < -0.4 is 15.2 Å². The zero-order valence-electron chi connectivity index (χ0n) is 13.2. The zero-order valence-corrected chi connectivity index (χ0v) is 13.2. The van der Waals surface area contributed by atoms with Crippen molar-refractivity contribution in [2.75, 3.05) is 19.5 Å². The van der Waals surface area contributed by atoms with Crippen LogP contribution in [0.1, 0.15) is 11.3 Å². The van der Waals surface area contributed by atoms with E-state index in [-0.39, 0.29) is 5.95 Å². The normalized spacial score (nSPS) is 10.7. The molecule has 1 aromatic heterocycles.